The Bertz CT molecular complexity index is 174. The molecule has 0 bridgehead atoms. The third-order valence-electron chi connectivity index (χ3n) is 1.17. The van der Waals surface area contributed by atoms with Crippen molar-refractivity contribution in [2.24, 2.45) is 0 Å². The van der Waals surface area contributed by atoms with E-state index in [1.807, 2.05) is 0 Å². The lowest BCUT2D eigenvalue weighted by Crippen LogP contribution is -2.29. The molecule has 1 N–H and O–H groups in total. The Morgan fingerprint density at radius 3 is 2.20 bits per heavy atom. The van der Waals surface area contributed by atoms with Crippen molar-refractivity contribution in [2.45, 2.75) is 0 Å². The minimum atomic E-state index is -2.99. The Kier molecular flexibility index (Phi) is 3.85. The maximum atomic E-state index is 11.0. The van der Waals surface area contributed by atoms with Crippen molar-refractivity contribution in [3.05, 3.63) is 0 Å². The molecule has 0 aliphatic rings. The zero-order valence-electron chi connectivity index (χ0n) is 6.59. The van der Waals surface area contributed by atoms with Gasteiger partial charge < -0.3 is 5.32 Å². The van der Waals surface area contributed by atoms with Crippen LogP contribution < -0.4 is 5.32 Å². The van der Waals surface area contributed by atoms with Crippen LogP contribution in [0.1, 0.15) is 0 Å². The molecule has 0 amide bonds. The van der Waals surface area contributed by atoms with Gasteiger partial charge >= 0.3 is 0 Å². The number of hydrogen-bond donors (Lipinski definition) is 1. The molecule has 0 unspecified atom stereocenters. The van der Waals surface area contributed by atoms with E-state index in [1.54, 1.807) is 7.05 Å². The van der Waals surface area contributed by atoms with Crippen molar-refractivity contribution >= 4 is 10.0 Å². The average molecular weight is 166 g/mol. The Morgan fingerprint density at radius 2 is 1.90 bits per heavy atom. The zero-order chi connectivity index (χ0) is 8.20. The molecular weight excluding hydrogens is 152 g/mol. The highest BCUT2D eigenvalue weighted by Gasteiger charge is 2.11. The fourth-order valence-corrected chi connectivity index (χ4v) is 1.24. The van der Waals surface area contributed by atoms with Gasteiger partial charge in [0.25, 0.3) is 0 Å². The summed E-state index contributed by atoms with van der Waals surface area (Å²) in [5, 5.41) is 2.77. The van der Waals surface area contributed by atoms with E-state index in [-0.39, 0.29) is 5.75 Å². The first kappa shape index (κ1) is 9.87. The fraction of sp³-hybridized carbons (Fsp3) is 1.00. The van der Waals surface area contributed by atoms with Crippen LogP contribution in [0.3, 0.4) is 0 Å². The third-order valence-corrected chi connectivity index (χ3v) is 3.00. The number of nitrogens with one attached hydrogen (secondary N) is 1. The molecule has 0 aliphatic carbocycles. The third kappa shape index (κ3) is 3.14. The van der Waals surface area contributed by atoms with Crippen LogP contribution in [0, 0.1) is 0 Å². The van der Waals surface area contributed by atoms with Gasteiger partial charge in [-0.05, 0) is 7.05 Å². The molecule has 0 heterocycles. The van der Waals surface area contributed by atoms with Gasteiger partial charge in [0, 0.05) is 20.6 Å². The second-order valence-corrected chi connectivity index (χ2v) is 4.50. The summed E-state index contributed by atoms with van der Waals surface area (Å²) < 4.78 is 23.2. The second-order valence-electron chi connectivity index (χ2n) is 2.20. The van der Waals surface area contributed by atoms with Gasteiger partial charge in [-0.1, -0.05) is 0 Å². The number of rotatable bonds is 4. The lowest BCUT2D eigenvalue weighted by Gasteiger charge is -2.09. The summed E-state index contributed by atoms with van der Waals surface area (Å²) in [6.45, 7) is 0.501. The van der Waals surface area contributed by atoms with Crippen molar-refractivity contribution in [3.63, 3.8) is 0 Å². The van der Waals surface area contributed by atoms with Gasteiger partial charge in [0.1, 0.15) is 0 Å². The van der Waals surface area contributed by atoms with Crippen LogP contribution >= 0.6 is 0 Å². The van der Waals surface area contributed by atoms with Crippen molar-refractivity contribution in [2.75, 3.05) is 33.4 Å². The quantitative estimate of drug-likeness (QED) is 0.588. The van der Waals surface area contributed by atoms with Crippen LogP contribution in [0.5, 0.6) is 0 Å². The van der Waals surface area contributed by atoms with Crippen molar-refractivity contribution in [3.8, 4) is 0 Å². The molecule has 0 aromatic rings. The van der Waals surface area contributed by atoms with E-state index < -0.39 is 10.0 Å². The topological polar surface area (TPSA) is 49.4 Å². The predicted octanol–water partition coefficient (Wildman–Crippen LogP) is -0.903. The molecule has 0 saturated heterocycles. The molecule has 0 radical (unpaired) electrons. The van der Waals surface area contributed by atoms with Crippen molar-refractivity contribution in [1.29, 1.82) is 0 Å². The van der Waals surface area contributed by atoms with Gasteiger partial charge in [-0.15, -0.1) is 0 Å². The first-order valence-electron chi connectivity index (χ1n) is 3.05. The van der Waals surface area contributed by atoms with Crippen LogP contribution in [-0.2, 0) is 10.0 Å². The Hall–Kier alpha value is -0.130. The standard InChI is InChI=1S/C5H14N2O2S/c1-6-4-5-10(8,9)7(2)3/h6H,4-5H2,1-3H3. The lowest BCUT2D eigenvalue weighted by molar-refractivity contribution is 0.519. The molecular formula is C5H14N2O2S. The number of sulfonamides is 1. The summed E-state index contributed by atoms with van der Waals surface area (Å²) in [7, 11) is 1.80. The molecule has 62 valence electrons. The number of hydrogen-bond acceptors (Lipinski definition) is 3. The molecule has 10 heavy (non-hydrogen) atoms. The highest BCUT2D eigenvalue weighted by atomic mass is 32.2. The van der Waals surface area contributed by atoms with Gasteiger partial charge in [0.15, 0.2) is 0 Å². The summed E-state index contributed by atoms with van der Waals surface area (Å²) in [5.41, 5.74) is 0. The first-order chi connectivity index (χ1) is 4.50. The molecule has 4 nitrogen and oxygen atoms in total. The van der Waals surface area contributed by atoms with Gasteiger partial charge in [-0.25, -0.2) is 12.7 Å². The SMILES string of the molecule is CNCCS(=O)(=O)N(C)C. The summed E-state index contributed by atoms with van der Waals surface area (Å²) in [4.78, 5) is 0. The molecule has 0 atom stereocenters. The number of nitrogens with zero attached hydrogens (tertiary/aromatic N) is 1. The Balaban J connectivity index is 3.90. The van der Waals surface area contributed by atoms with E-state index >= 15 is 0 Å². The van der Waals surface area contributed by atoms with Gasteiger partial charge in [-0.2, -0.15) is 0 Å². The molecule has 0 spiro atoms. The van der Waals surface area contributed by atoms with E-state index in [0.29, 0.717) is 6.54 Å². The Labute approximate surface area is 62.3 Å². The molecule has 0 aromatic carbocycles. The molecule has 0 saturated carbocycles. The van der Waals surface area contributed by atoms with E-state index in [9.17, 15) is 8.42 Å². The predicted molar refractivity (Wildman–Crippen MR) is 41.4 cm³/mol. The molecule has 0 aliphatic heterocycles. The largest absolute Gasteiger partial charge is 0.319 e. The van der Waals surface area contributed by atoms with Crippen LogP contribution in [0.2, 0.25) is 0 Å². The van der Waals surface area contributed by atoms with E-state index in [1.165, 1.54) is 18.4 Å². The summed E-state index contributed by atoms with van der Waals surface area (Å²) in [6.07, 6.45) is 0. The van der Waals surface area contributed by atoms with E-state index in [4.69, 9.17) is 0 Å². The van der Waals surface area contributed by atoms with Gasteiger partial charge in [-0.3, -0.25) is 0 Å². The van der Waals surface area contributed by atoms with Crippen molar-refractivity contribution in [1.82, 2.24) is 9.62 Å². The Morgan fingerprint density at radius 1 is 1.40 bits per heavy atom. The van der Waals surface area contributed by atoms with E-state index in [2.05, 4.69) is 5.32 Å². The minimum absolute atomic E-state index is 0.163. The highest BCUT2D eigenvalue weighted by molar-refractivity contribution is 7.89. The smallest absolute Gasteiger partial charge is 0.214 e. The van der Waals surface area contributed by atoms with Gasteiger partial charge in [0.05, 0.1) is 5.75 Å². The summed E-state index contributed by atoms with van der Waals surface area (Å²) in [6, 6.07) is 0. The maximum absolute atomic E-state index is 11.0. The normalized spacial score (nSPS) is 12.4. The molecule has 0 fully saturated rings. The van der Waals surface area contributed by atoms with Crippen LogP contribution in [0.15, 0.2) is 0 Å². The molecule has 5 heteroatoms. The average Bonchev–Trinajstić information content (AvgIpc) is 1.84. The summed E-state index contributed by atoms with van der Waals surface area (Å²) >= 11 is 0. The monoisotopic (exact) mass is 166 g/mol. The van der Waals surface area contributed by atoms with Crippen LogP contribution in [-0.4, -0.2) is 46.2 Å². The van der Waals surface area contributed by atoms with E-state index in [0.717, 1.165) is 0 Å². The maximum Gasteiger partial charge on any atom is 0.214 e. The van der Waals surface area contributed by atoms with Crippen LogP contribution in [0.25, 0.3) is 0 Å². The zero-order valence-corrected chi connectivity index (χ0v) is 7.40. The van der Waals surface area contributed by atoms with Gasteiger partial charge in [0.2, 0.25) is 10.0 Å². The fourth-order valence-electron chi connectivity index (χ4n) is 0.414. The van der Waals surface area contributed by atoms with Crippen LogP contribution in [0.4, 0.5) is 0 Å². The highest BCUT2D eigenvalue weighted by Crippen LogP contribution is 1.91. The molecule has 0 rings (SSSR count). The minimum Gasteiger partial charge on any atom is -0.319 e. The second kappa shape index (κ2) is 3.90. The molecule has 0 aromatic heterocycles. The summed E-state index contributed by atoms with van der Waals surface area (Å²) in [5.74, 6) is 0.163. The lowest BCUT2D eigenvalue weighted by atomic mass is 10.8. The first-order valence-corrected chi connectivity index (χ1v) is 4.66. The van der Waals surface area contributed by atoms with Crippen molar-refractivity contribution < 1.29 is 8.42 Å².